The van der Waals surface area contributed by atoms with Crippen molar-refractivity contribution in [1.29, 1.82) is 0 Å². The van der Waals surface area contributed by atoms with E-state index in [1.807, 2.05) is 6.07 Å². The number of benzene rings is 1. The summed E-state index contributed by atoms with van der Waals surface area (Å²) in [5.41, 5.74) is 0.527. The summed E-state index contributed by atoms with van der Waals surface area (Å²) in [4.78, 5) is 26.6. The number of amides is 2. The first-order chi connectivity index (χ1) is 9.58. The van der Waals surface area contributed by atoms with E-state index in [4.69, 9.17) is 11.6 Å². The van der Waals surface area contributed by atoms with Gasteiger partial charge >= 0.3 is 0 Å². The van der Waals surface area contributed by atoms with Gasteiger partial charge in [-0.1, -0.05) is 27.5 Å². The first kappa shape index (κ1) is 12.8. The molecule has 2 aliphatic carbocycles. The molecule has 1 aromatic rings. The van der Waals surface area contributed by atoms with Crippen LogP contribution in [0.5, 0.6) is 0 Å². The van der Waals surface area contributed by atoms with E-state index in [1.165, 1.54) is 4.90 Å². The lowest BCUT2D eigenvalue weighted by molar-refractivity contribution is -0.123. The van der Waals surface area contributed by atoms with Crippen LogP contribution in [0.1, 0.15) is 19.3 Å². The van der Waals surface area contributed by atoms with Gasteiger partial charge in [-0.2, -0.15) is 0 Å². The van der Waals surface area contributed by atoms with Crippen molar-refractivity contribution in [1.82, 2.24) is 0 Å². The van der Waals surface area contributed by atoms with Crippen LogP contribution < -0.4 is 4.90 Å². The zero-order valence-electron chi connectivity index (χ0n) is 10.7. The molecular weight excluding hydrogens is 342 g/mol. The molecule has 1 aromatic carbocycles. The number of carbonyl (C=O) groups is 2. The van der Waals surface area contributed by atoms with E-state index in [0.717, 1.165) is 23.7 Å². The fourth-order valence-corrected chi connectivity index (χ4v) is 5.07. The minimum absolute atomic E-state index is 0.0450. The van der Waals surface area contributed by atoms with Crippen molar-refractivity contribution in [2.24, 2.45) is 23.7 Å². The van der Waals surface area contributed by atoms with Crippen molar-refractivity contribution >= 4 is 45.0 Å². The normalized spacial score (nSPS) is 35.0. The quantitative estimate of drug-likeness (QED) is 0.722. The van der Waals surface area contributed by atoms with Crippen LogP contribution in [0.25, 0.3) is 0 Å². The standard InChI is InChI=1S/C15H13BrClNO2/c16-9-3-4-11(10(17)6-9)18-14(19)12-7-1-2-8(5-7)13(12)15(18)20/h3-4,6-8,12-13H,1-2,5H2/t7-,8-,12-,13-/m0/s1. The molecule has 1 aliphatic heterocycles. The minimum atomic E-state index is -0.0963. The molecule has 0 unspecified atom stereocenters. The van der Waals surface area contributed by atoms with Crippen LogP contribution in [0.2, 0.25) is 5.02 Å². The van der Waals surface area contributed by atoms with Crippen molar-refractivity contribution in [2.45, 2.75) is 19.3 Å². The number of hydrogen-bond donors (Lipinski definition) is 0. The number of halogens is 2. The third-order valence-electron chi connectivity index (χ3n) is 5.08. The molecule has 2 saturated carbocycles. The maximum Gasteiger partial charge on any atom is 0.238 e. The summed E-state index contributed by atoms with van der Waals surface area (Å²) in [6.45, 7) is 0. The molecule has 2 amide bonds. The topological polar surface area (TPSA) is 37.4 Å². The van der Waals surface area contributed by atoms with E-state index in [0.29, 0.717) is 22.5 Å². The van der Waals surface area contributed by atoms with Gasteiger partial charge in [0, 0.05) is 4.47 Å². The van der Waals surface area contributed by atoms with Gasteiger partial charge in [-0.3, -0.25) is 9.59 Å². The summed E-state index contributed by atoms with van der Waals surface area (Å²) in [6, 6.07) is 5.27. The lowest BCUT2D eigenvalue weighted by Gasteiger charge is -2.19. The molecule has 4 rings (SSSR count). The Kier molecular flexibility index (Phi) is 2.77. The first-order valence-electron chi connectivity index (χ1n) is 6.91. The number of hydrogen-bond acceptors (Lipinski definition) is 2. The number of nitrogens with zero attached hydrogens (tertiary/aromatic N) is 1. The van der Waals surface area contributed by atoms with Crippen LogP contribution in [-0.4, -0.2) is 11.8 Å². The van der Waals surface area contributed by atoms with Crippen molar-refractivity contribution in [3.05, 3.63) is 27.7 Å². The summed E-state index contributed by atoms with van der Waals surface area (Å²) in [5.74, 6) is 0.524. The molecular formula is C15H13BrClNO2. The van der Waals surface area contributed by atoms with Gasteiger partial charge in [0.1, 0.15) is 0 Å². The molecule has 4 atom stereocenters. The van der Waals surface area contributed by atoms with Crippen LogP contribution >= 0.6 is 27.5 Å². The fraction of sp³-hybridized carbons (Fsp3) is 0.467. The van der Waals surface area contributed by atoms with E-state index in [9.17, 15) is 9.59 Å². The van der Waals surface area contributed by atoms with Gasteiger partial charge in [0.2, 0.25) is 11.8 Å². The molecule has 3 nitrogen and oxygen atoms in total. The second-order valence-electron chi connectivity index (χ2n) is 5.99. The number of rotatable bonds is 1. The Morgan fingerprint density at radius 1 is 1.10 bits per heavy atom. The summed E-state index contributed by atoms with van der Waals surface area (Å²) in [7, 11) is 0. The monoisotopic (exact) mass is 353 g/mol. The largest absolute Gasteiger partial charge is 0.274 e. The van der Waals surface area contributed by atoms with Gasteiger partial charge in [-0.25, -0.2) is 4.90 Å². The maximum absolute atomic E-state index is 12.7. The number of imide groups is 1. The molecule has 0 aromatic heterocycles. The van der Waals surface area contributed by atoms with Gasteiger partial charge in [0.25, 0.3) is 0 Å². The first-order valence-corrected chi connectivity index (χ1v) is 8.08. The summed E-state index contributed by atoms with van der Waals surface area (Å²) < 4.78 is 0.839. The number of anilines is 1. The Hall–Kier alpha value is -0.870. The molecule has 3 aliphatic rings. The van der Waals surface area contributed by atoms with Crippen LogP contribution in [0.4, 0.5) is 5.69 Å². The Morgan fingerprint density at radius 2 is 1.70 bits per heavy atom. The molecule has 2 bridgehead atoms. The zero-order chi connectivity index (χ0) is 14.0. The molecule has 1 heterocycles. The highest BCUT2D eigenvalue weighted by Crippen LogP contribution is 2.57. The molecule has 5 heteroatoms. The number of fused-ring (bicyclic) bond motifs is 5. The van der Waals surface area contributed by atoms with E-state index in [2.05, 4.69) is 15.9 Å². The van der Waals surface area contributed by atoms with E-state index >= 15 is 0 Å². The third-order valence-corrected chi connectivity index (χ3v) is 5.87. The van der Waals surface area contributed by atoms with Crippen molar-refractivity contribution in [3.8, 4) is 0 Å². The Labute approximate surface area is 130 Å². The molecule has 3 fully saturated rings. The predicted octanol–water partition coefficient (Wildman–Crippen LogP) is 3.64. The van der Waals surface area contributed by atoms with Crippen LogP contribution in [0, 0.1) is 23.7 Å². The molecule has 0 N–H and O–H groups in total. The third kappa shape index (κ3) is 1.58. The van der Waals surface area contributed by atoms with Gasteiger partial charge in [-0.15, -0.1) is 0 Å². The predicted molar refractivity (Wildman–Crippen MR) is 79.5 cm³/mol. The van der Waals surface area contributed by atoms with Gasteiger partial charge in [0.15, 0.2) is 0 Å². The van der Waals surface area contributed by atoms with Gasteiger partial charge in [0.05, 0.1) is 22.5 Å². The lowest BCUT2D eigenvalue weighted by atomic mass is 9.81. The second kappa shape index (κ2) is 4.31. The minimum Gasteiger partial charge on any atom is -0.274 e. The molecule has 0 radical (unpaired) electrons. The fourth-order valence-electron chi connectivity index (χ4n) is 4.31. The van der Waals surface area contributed by atoms with Crippen LogP contribution in [-0.2, 0) is 9.59 Å². The van der Waals surface area contributed by atoms with E-state index in [-0.39, 0.29) is 23.7 Å². The lowest BCUT2D eigenvalue weighted by Crippen LogP contribution is -2.32. The Balaban J connectivity index is 1.77. The molecule has 20 heavy (non-hydrogen) atoms. The summed E-state index contributed by atoms with van der Waals surface area (Å²) in [6.07, 6.45) is 3.23. The molecule has 104 valence electrons. The SMILES string of the molecule is O=C1[C@H]2[C@H]3CC[C@@H](C3)[C@@H]2C(=O)N1c1ccc(Br)cc1Cl. The van der Waals surface area contributed by atoms with Crippen molar-refractivity contribution in [3.63, 3.8) is 0 Å². The summed E-state index contributed by atoms with van der Waals surface area (Å²) in [5, 5.41) is 0.438. The summed E-state index contributed by atoms with van der Waals surface area (Å²) >= 11 is 9.55. The highest BCUT2D eigenvalue weighted by Gasteiger charge is 2.61. The Bertz CT molecular complexity index is 604. The van der Waals surface area contributed by atoms with Gasteiger partial charge < -0.3 is 0 Å². The highest BCUT2D eigenvalue weighted by atomic mass is 79.9. The van der Waals surface area contributed by atoms with Crippen LogP contribution in [0.3, 0.4) is 0 Å². The smallest absolute Gasteiger partial charge is 0.238 e. The van der Waals surface area contributed by atoms with E-state index < -0.39 is 0 Å². The van der Waals surface area contributed by atoms with Crippen molar-refractivity contribution in [2.75, 3.05) is 4.90 Å². The average molecular weight is 355 g/mol. The van der Waals surface area contributed by atoms with Gasteiger partial charge in [-0.05, 0) is 49.3 Å². The van der Waals surface area contributed by atoms with Crippen molar-refractivity contribution < 1.29 is 9.59 Å². The van der Waals surface area contributed by atoms with E-state index in [1.54, 1.807) is 12.1 Å². The average Bonchev–Trinajstić information content (AvgIpc) is 3.06. The highest BCUT2D eigenvalue weighted by molar-refractivity contribution is 9.10. The Morgan fingerprint density at radius 3 is 2.25 bits per heavy atom. The zero-order valence-corrected chi connectivity index (χ0v) is 13.0. The molecule has 0 spiro atoms. The van der Waals surface area contributed by atoms with Crippen LogP contribution in [0.15, 0.2) is 22.7 Å². The molecule has 1 saturated heterocycles. The second-order valence-corrected chi connectivity index (χ2v) is 7.32. The number of carbonyl (C=O) groups excluding carboxylic acids is 2. The maximum atomic E-state index is 12.7.